The number of ketones is 1. The van der Waals surface area contributed by atoms with Gasteiger partial charge in [0.1, 0.15) is 24.4 Å². The van der Waals surface area contributed by atoms with Crippen LogP contribution >= 0.6 is 0 Å². The van der Waals surface area contributed by atoms with Gasteiger partial charge in [-0.1, -0.05) is 0 Å². The Labute approximate surface area is 115 Å². The number of carbonyl (C=O) groups excluding carboxylic acids is 1. The molecule has 0 aliphatic carbocycles. The smallest absolute Gasteiger partial charge is 0.196 e. The fraction of sp³-hybridized carbons (Fsp3) is 0.133. The lowest BCUT2D eigenvalue weighted by atomic mass is 9.99. The standard InChI is InChI=1S/C15H12N2O3/c1-19-12-2-3-14-13(5-12)15(18)11(8-20-14)4-10-6-16-9-17-7-10/h2-7,9H,8H2,1H3. The second-order valence-electron chi connectivity index (χ2n) is 4.32. The number of hydrogen-bond acceptors (Lipinski definition) is 5. The number of ether oxygens (including phenoxy) is 2. The lowest BCUT2D eigenvalue weighted by Gasteiger charge is -2.19. The number of rotatable bonds is 2. The van der Waals surface area contributed by atoms with Gasteiger partial charge in [0.2, 0.25) is 0 Å². The maximum Gasteiger partial charge on any atom is 0.196 e. The van der Waals surface area contributed by atoms with Crippen molar-refractivity contribution >= 4 is 11.9 Å². The molecule has 1 aromatic heterocycles. The van der Waals surface area contributed by atoms with Gasteiger partial charge >= 0.3 is 0 Å². The van der Waals surface area contributed by atoms with E-state index in [1.807, 2.05) is 0 Å². The molecule has 20 heavy (non-hydrogen) atoms. The topological polar surface area (TPSA) is 61.3 Å². The van der Waals surface area contributed by atoms with E-state index in [2.05, 4.69) is 9.97 Å². The van der Waals surface area contributed by atoms with Gasteiger partial charge < -0.3 is 9.47 Å². The third-order valence-electron chi connectivity index (χ3n) is 3.03. The van der Waals surface area contributed by atoms with Gasteiger partial charge in [-0.05, 0) is 24.3 Å². The largest absolute Gasteiger partial charge is 0.497 e. The van der Waals surface area contributed by atoms with Crippen LogP contribution in [0.25, 0.3) is 6.08 Å². The molecule has 5 heteroatoms. The second kappa shape index (κ2) is 5.13. The average molecular weight is 268 g/mol. The first-order chi connectivity index (χ1) is 9.78. The zero-order valence-electron chi connectivity index (χ0n) is 10.9. The van der Waals surface area contributed by atoms with Gasteiger partial charge in [0, 0.05) is 23.5 Å². The first-order valence-corrected chi connectivity index (χ1v) is 6.09. The van der Waals surface area contributed by atoms with Gasteiger partial charge in [-0.15, -0.1) is 0 Å². The van der Waals surface area contributed by atoms with E-state index >= 15 is 0 Å². The highest BCUT2D eigenvalue weighted by atomic mass is 16.5. The quantitative estimate of drug-likeness (QED) is 0.781. The second-order valence-corrected chi connectivity index (χ2v) is 4.32. The van der Waals surface area contributed by atoms with Crippen LogP contribution in [0.2, 0.25) is 0 Å². The summed E-state index contributed by atoms with van der Waals surface area (Å²) in [6, 6.07) is 5.20. The van der Waals surface area contributed by atoms with Crippen molar-refractivity contribution in [2.24, 2.45) is 0 Å². The molecule has 2 aromatic rings. The molecule has 3 rings (SSSR count). The number of hydrogen-bond donors (Lipinski definition) is 0. The Morgan fingerprint density at radius 2 is 2.10 bits per heavy atom. The average Bonchev–Trinajstić information content (AvgIpc) is 2.51. The van der Waals surface area contributed by atoms with Crippen LogP contribution in [0.15, 0.2) is 42.5 Å². The molecule has 0 spiro atoms. The summed E-state index contributed by atoms with van der Waals surface area (Å²) in [6.07, 6.45) is 6.48. The van der Waals surface area contributed by atoms with Crippen molar-refractivity contribution in [3.63, 3.8) is 0 Å². The van der Waals surface area contributed by atoms with Crippen LogP contribution in [-0.4, -0.2) is 29.5 Å². The minimum Gasteiger partial charge on any atom is -0.497 e. The summed E-state index contributed by atoms with van der Waals surface area (Å²) in [5.74, 6) is 1.15. The van der Waals surface area contributed by atoms with E-state index in [0.717, 1.165) is 5.56 Å². The van der Waals surface area contributed by atoms with Crippen LogP contribution < -0.4 is 9.47 Å². The maximum atomic E-state index is 12.4. The summed E-state index contributed by atoms with van der Waals surface area (Å²) in [4.78, 5) is 20.3. The number of carbonyl (C=O) groups is 1. The molecule has 0 radical (unpaired) electrons. The minimum absolute atomic E-state index is 0.0611. The van der Waals surface area contributed by atoms with Gasteiger partial charge in [-0.3, -0.25) is 4.79 Å². The molecule has 100 valence electrons. The lowest BCUT2D eigenvalue weighted by Crippen LogP contribution is -2.19. The Morgan fingerprint density at radius 1 is 1.30 bits per heavy atom. The third-order valence-corrected chi connectivity index (χ3v) is 3.03. The lowest BCUT2D eigenvalue weighted by molar-refractivity contribution is 0.100. The summed E-state index contributed by atoms with van der Waals surface area (Å²) in [5.41, 5.74) is 1.85. The maximum absolute atomic E-state index is 12.4. The van der Waals surface area contributed by atoms with Crippen molar-refractivity contribution < 1.29 is 14.3 Å². The molecule has 1 aliphatic rings. The predicted molar refractivity (Wildman–Crippen MR) is 72.8 cm³/mol. The van der Waals surface area contributed by atoms with E-state index in [-0.39, 0.29) is 12.4 Å². The molecular weight excluding hydrogens is 256 g/mol. The van der Waals surface area contributed by atoms with E-state index in [0.29, 0.717) is 22.6 Å². The van der Waals surface area contributed by atoms with Crippen LogP contribution in [0.1, 0.15) is 15.9 Å². The Morgan fingerprint density at radius 3 is 2.85 bits per heavy atom. The third kappa shape index (κ3) is 2.25. The predicted octanol–water partition coefficient (Wildman–Crippen LogP) is 2.14. The first kappa shape index (κ1) is 12.3. The van der Waals surface area contributed by atoms with E-state index in [1.54, 1.807) is 43.8 Å². The summed E-state index contributed by atoms with van der Waals surface area (Å²) < 4.78 is 10.7. The highest BCUT2D eigenvalue weighted by Crippen LogP contribution is 2.30. The van der Waals surface area contributed by atoms with Crippen molar-refractivity contribution in [2.45, 2.75) is 0 Å². The van der Waals surface area contributed by atoms with Crippen LogP contribution in [-0.2, 0) is 0 Å². The van der Waals surface area contributed by atoms with Gasteiger partial charge in [-0.25, -0.2) is 9.97 Å². The van der Waals surface area contributed by atoms with E-state index in [1.165, 1.54) is 6.33 Å². The van der Waals surface area contributed by atoms with Crippen molar-refractivity contribution in [2.75, 3.05) is 13.7 Å². The Kier molecular flexibility index (Phi) is 3.16. The van der Waals surface area contributed by atoms with Crippen molar-refractivity contribution in [1.29, 1.82) is 0 Å². The molecule has 0 bridgehead atoms. The molecule has 0 fully saturated rings. The number of benzene rings is 1. The SMILES string of the molecule is COc1ccc2c(c1)C(=O)C(=Cc1cncnc1)CO2. The Hall–Kier alpha value is -2.69. The van der Waals surface area contributed by atoms with Crippen molar-refractivity contribution in [3.8, 4) is 11.5 Å². The molecule has 0 N–H and O–H groups in total. The molecule has 0 saturated heterocycles. The van der Waals surface area contributed by atoms with Crippen LogP contribution in [0, 0.1) is 0 Å². The van der Waals surface area contributed by atoms with Crippen LogP contribution in [0.3, 0.4) is 0 Å². The van der Waals surface area contributed by atoms with Gasteiger partial charge in [-0.2, -0.15) is 0 Å². The van der Waals surface area contributed by atoms with Gasteiger partial charge in [0.15, 0.2) is 5.78 Å². The normalized spacial score (nSPS) is 15.7. The fourth-order valence-electron chi connectivity index (χ4n) is 2.03. The number of nitrogens with zero attached hydrogens (tertiary/aromatic N) is 2. The summed E-state index contributed by atoms with van der Waals surface area (Å²) >= 11 is 0. The zero-order valence-corrected chi connectivity index (χ0v) is 10.9. The van der Waals surface area contributed by atoms with Crippen molar-refractivity contribution in [3.05, 3.63) is 53.6 Å². The number of fused-ring (bicyclic) bond motifs is 1. The molecule has 0 unspecified atom stereocenters. The molecular formula is C15H12N2O3. The molecule has 5 nitrogen and oxygen atoms in total. The first-order valence-electron chi connectivity index (χ1n) is 6.09. The van der Waals surface area contributed by atoms with E-state index in [9.17, 15) is 4.79 Å². The van der Waals surface area contributed by atoms with Crippen LogP contribution in [0.5, 0.6) is 11.5 Å². The summed E-state index contributed by atoms with van der Waals surface area (Å²) in [5, 5.41) is 0. The molecule has 0 saturated carbocycles. The van der Waals surface area contributed by atoms with E-state index < -0.39 is 0 Å². The molecule has 0 amide bonds. The highest BCUT2D eigenvalue weighted by Gasteiger charge is 2.23. The Bertz CT molecular complexity index is 681. The summed E-state index contributed by atoms with van der Waals surface area (Å²) in [7, 11) is 1.56. The van der Waals surface area contributed by atoms with Gasteiger partial charge in [0.25, 0.3) is 0 Å². The molecule has 1 aromatic carbocycles. The minimum atomic E-state index is -0.0611. The van der Waals surface area contributed by atoms with E-state index in [4.69, 9.17) is 9.47 Å². The monoisotopic (exact) mass is 268 g/mol. The number of aromatic nitrogens is 2. The zero-order chi connectivity index (χ0) is 13.9. The molecule has 0 atom stereocenters. The Balaban J connectivity index is 1.98. The summed E-state index contributed by atoms with van der Waals surface area (Å²) in [6.45, 7) is 0.243. The van der Waals surface area contributed by atoms with Crippen molar-refractivity contribution in [1.82, 2.24) is 9.97 Å². The van der Waals surface area contributed by atoms with Crippen LogP contribution in [0.4, 0.5) is 0 Å². The van der Waals surface area contributed by atoms with Gasteiger partial charge in [0.05, 0.1) is 12.7 Å². The number of methoxy groups -OCH3 is 1. The fourth-order valence-corrected chi connectivity index (χ4v) is 2.03. The molecule has 1 aliphatic heterocycles. The molecule has 2 heterocycles. The highest BCUT2D eigenvalue weighted by molar-refractivity contribution is 6.14. The number of Topliss-reactive ketones (excluding diaryl/α,β-unsaturated/α-hetero) is 1.